The van der Waals surface area contributed by atoms with Crippen LogP contribution in [0.2, 0.25) is 0 Å². The van der Waals surface area contributed by atoms with Gasteiger partial charge in [0.1, 0.15) is 5.75 Å². The first kappa shape index (κ1) is 19.6. The maximum Gasteiger partial charge on any atom is 0.261 e. The summed E-state index contributed by atoms with van der Waals surface area (Å²) in [5.41, 5.74) is 2.62. The molecular formula is C11H19NO7S2. The second-order valence-corrected chi connectivity index (χ2v) is 7.10. The molecule has 1 aromatic rings. The maximum atomic E-state index is 9.19. The number of hydrogen-bond donors (Lipinski definition) is 3. The molecule has 122 valence electrons. The summed E-state index contributed by atoms with van der Waals surface area (Å²) in [5.74, 6) is 0.929. The summed E-state index contributed by atoms with van der Waals surface area (Å²) in [6.07, 6.45) is 2.57. The van der Waals surface area contributed by atoms with E-state index in [9.17, 15) is 16.8 Å². The molecule has 0 unspecified atom stereocenters. The zero-order valence-electron chi connectivity index (χ0n) is 11.9. The van der Waals surface area contributed by atoms with E-state index in [1.807, 2.05) is 12.1 Å². The lowest BCUT2D eigenvalue weighted by Gasteiger charge is -2.02. The number of hydrogen-bond acceptors (Lipinski definition) is 6. The van der Waals surface area contributed by atoms with Crippen LogP contribution in [0.15, 0.2) is 18.2 Å². The molecule has 0 saturated heterocycles. The Bertz CT molecular complexity index is 607. The maximum absolute atomic E-state index is 9.19. The molecule has 3 N–H and O–H groups in total. The molecule has 0 fully saturated rings. The number of fused-ring (bicyclic) bond motifs is 1. The lowest BCUT2D eigenvalue weighted by Crippen LogP contribution is -1.91. The highest BCUT2D eigenvalue weighted by Crippen LogP contribution is 2.26. The molecule has 0 aromatic heterocycles. The normalized spacial score (nSPS) is 12.8. The summed E-state index contributed by atoms with van der Waals surface area (Å²) in [4.78, 5) is 0. The molecule has 0 atom stereocenters. The van der Waals surface area contributed by atoms with Gasteiger partial charge in [0, 0.05) is 18.3 Å². The van der Waals surface area contributed by atoms with Crippen LogP contribution in [-0.4, -0.2) is 52.1 Å². The largest absolute Gasteiger partial charge is 0.497 e. The van der Waals surface area contributed by atoms with Crippen LogP contribution >= 0.6 is 0 Å². The van der Waals surface area contributed by atoms with E-state index in [2.05, 4.69) is 11.4 Å². The molecule has 1 aliphatic rings. The fourth-order valence-electron chi connectivity index (χ4n) is 1.40. The molecule has 8 nitrogen and oxygen atoms in total. The quantitative estimate of drug-likeness (QED) is 0.635. The Morgan fingerprint density at radius 2 is 1.57 bits per heavy atom. The number of methoxy groups -OCH3 is 1. The first-order chi connectivity index (χ1) is 9.40. The minimum atomic E-state index is -3.67. The third kappa shape index (κ3) is 13.4. The molecule has 10 heteroatoms. The predicted octanol–water partition coefficient (Wildman–Crippen LogP) is 0.671. The van der Waals surface area contributed by atoms with Gasteiger partial charge in [-0.2, -0.15) is 16.8 Å². The van der Waals surface area contributed by atoms with Gasteiger partial charge in [0.25, 0.3) is 20.2 Å². The molecule has 0 radical (unpaired) electrons. The van der Waals surface area contributed by atoms with Crippen LogP contribution in [0.25, 0.3) is 0 Å². The third-order valence-electron chi connectivity index (χ3n) is 2.03. The van der Waals surface area contributed by atoms with Crippen molar-refractivity contribution in [2.45, 2.75) is 6.42 Å². The highest BCUT2D eigenvalue weighted by atomic mass is 32.2. The van der Waals surface area contributed by atoms with Crippen molar-refractivity contribution in [1.29, 1.82) is 0 Å². The average molecular weight is 341 g/mol. The van der Waals surface area contributed by atoms with Gasteiger partial charge in [-0.05, 0) is 18.1 Å². The molecule has 0 spiro atoms. The van der Waals surface area contributed by atoms with Crippen molar-refractivity contribution >= 4 is 25.9 Å². The van der Waals surface area contributed by atoms with Crippen LogP contribution in [0.3, 0.4) is 0 Å². The zero-order valence-corrected chi connectivity index (χ0v) is 13.5. The van der Waals surface area contributed by atoms with Crippen LogP contribution in [-0.2, 0) is 26.7 Å². The van der Waals surface area contributed by atoms with Crippen LogP contribution in [0.5, 0.6) is 5.75 Å². The second-order valence-electron chi connectivity index (χ2n) is 4.17. The number of anilines is 1. The second kappa shape index (κ2) is 8.17. The first-order valence-electron chi connectivity index (χ1n) is 5.66. The van der Waals surface area contributed by atoms with E-state index in [-0.39, 0.29) is 0 Å². The molecule has 0 aliphatic carbocycles. The fraction of sp³-hybridized carbons (Fsp3) is 0.455. The number of benzene rings is 1. The zero-order chi connectivity index (χ0) is 16.7. The van der Waals surface area contributed by atoms with Gasteiger partial charge in [-0.15, -0.1) is 0 Å². The Morgan fingerprint density at radius 3 is 2.00 bits per heavy atom. The molecule has 0 bridgehead atoms. The van der Waals surface area contributed by atoms with Crippen LogP contribution in [0.4, 0.5) is 5.69 Å². The Hall–Kier alpha value is -1.36. The molecule has 0 amide bonds. The highest BCUT2D eigenvalue weighted by molar-refractivity contribution is 7.85. The van der Waals surface area contributed by atoms with Crippen molar-refractivity contribution in [3.05, 3.63) is 23.8 Å². The number of nitrogens with one attached hydrogen (secondary N) is 1. The van der Waals surface area contributed by atoms with E-state index in [0.717, 1.165) is 18.7 Å². The fourth-order valence-corrected chi connectivity index (χ4v) is 1.40. The molecule has 2 rings (SSSR count). The molecule has 1 aromatic carbocycles. The lowest BCUT2D eigenvalue weighted by atomic mass is 10.2. The van der Waals surface area contributed by atoms with Crippen LogP contribution in [0.1, 0.15) is 5.56 Å². The third-order valence-corrected chi connectivity index (χ3v) is 2.03. The molecule has 21 heavy (non-hydrogen) atoms. The summed E-state index contributed by atoms with van der Waals surface area (Å²) in [6, 6.07) is 6.17. The molecule has 1 aliphatic heterocycles. The Labute approximate surface area is 124 Å². The van der Waals surface area contributed by atoms with E-state index < -0.39 is 20.2 Å². The summed E-state index contributed by atoms with van der Waals surface area (Å²) in [5, 5.41) is 3.29. The minimum absolute atomic E-state index is 0.715. The summed E-state index contributed by atoms with van der Waals surface area (Å²) in [6.45, 7) is 1.06. The summed E-state index contributed by atoms with van der Waals surface area (Å²) >= 11 is 0. The van der Waals surface area contributed by atoms with E-state index in [0.29, 0.717) is 12.5 Å². The molecule has 0 saturated carbocycles. The van der Waals surface area contributed by atoms with Gasteiger partial charge in [0.15, 0.2) is 0 Å². The van der Waals surface area contributed by atoms with Gasteiger partial charge in [-0.25, -0.2) is 0 Å². The SMILES string of the molecule is COc1ccc2c(c1)NCC2.CS(=O)(=O)O.CS(=O)(=O)O. The topological polar surface area (TPSA) is 130 Å². The standard InChI is InChI=1S/C9H11NO.2CH4O3S/c1-11-8-3-2-7-4-5-10-9(7)6-8;2*1-5(2,3)4/h2-3,6,10H,4-5H2,1H3;2*1H3,(H,2,3,4). The van der Waals surface area contributed by atoms with E-state index >= 15 is 0 Å². The van der Waals surface area contributed by atoms with E-state index in [1.54, 1.807) is 7.11 Å². The van der Waals surface area contributed by atoms with Gasteiger partial charge in [-0.3, -0.25) is 9.11 Å². The van der Waals surface area contributed by atoms with Gasteiger partial charge in [0.2, 0.25) is 0 Å². The van der Waals surface area contributed by atoms with Gasteiger partial charge < -0.3 is 10.1 Å². The van der Waals surface area contributed by atoms with Crippen LogP contribution < -0.4 is 10.1 Å². The van der Waals surface area contributed by atoms with Crippen LogP contribution in [0, 0.1) is 0 Å². The lowest BCUT2D eigenvalue weighted by molar-refractivity contribution is 0.415. The van der Waals surface area contributed by atoms with Crippen molar-refractivity contribution in [1.82, 2.24) is 0 Å². The van der Waals surface area contributed by atoms with Crippen molar-refractivity contribution in [3.8, 4) is 5.75 Å². The summed E-state index contributed by atoms with van der Waals surface area (Å²) in [7, 11) is -5.64. The first-order valence-corrected chi connectivity index (χ1v) is 9.35. The minimum Gasteiger partial charge on any atom is -0.497 e. The Morgan fingerprint density at radius 1 is 1.10 bits per heavy atom. The van der Waals surface area contributed by atoms with E-state index in [4.69, 9.17) is 13.8 Å². The average Bonchev–Trinajstić information content (AvgIpc) is 2.70. The van der Waals surface area contributed by atoms with Gasteiger partial charge in [0.05, 0.1) is 19.6 Å². The number of ether oxygens (including phenoxy) is 1. The van der Waals surface area contributed by atoms with E-state index in [1.165, 1.54) is 11.3 Å². The highest BCUT2D eigenvalue weighted by Gasteiger charge is 2.09. The van der Waals surface area contributed by atoms with Gasteiger partial charge in [-0.1, -0.05) is 6.07 Å². The van der Waals surface area contributed by atoms with Crippen molar-refractivity contribution in [2.75, 3.05) is 31.5 Å². The number of rotatable bonds is 1. The van der Waals surface area contributed by atoms with Crippen molar-refractivity contribution in [2.24, 2.45) is 0 Å². The Balaban J connectivity index is 0.000000340. The van der Waals surface area contributed by atoms with Crippen molar-refractivity contribution in [3.63, 3.8) is 0 Å². The van der Waals surface area contributed by atoms with Gasteiger partial charge >= 0.3 is 0 Å². The predicted molar refractivity (Wildman–Crippen MR) is 80.1 cm³/mol. The molecule has 1 heterocycles. The van der Waals surface area contributed by atoms with Crippen molar-refractivity contribution < 1.29 is 30.7 Å². The monoisotopic (exact) mass is 341 g/mol. The molecular weight excluding hydrogens is 322 g/mol. The summed E-state index contributed by atoms with van der Waals surface area (Å²) < 4.78 is 56.8. The Kier molecular flexibility index (Phi) is 7.64. The smallest absolute Gasteiger partial charge is 0.261 e.